The molecule has 0 saturated carbocycles. The number of nitrogens with zero attached hydrogens (tertiary/aromatic N) is 3. The van der Waals surface area contributed by atoms with Gasteiger partial charge < -0.3 is 0 Å². The van der Waals surface area contributed by atoms with Crippen LogP contribution in [0.15, 0.2) is 58.5 Å². The average molecular weight is 416 g/mol. The fraction of sp³-hybridized carbons (Fsp3) is 0.105. The van der Waals surface area contributed by atoms with Gasteiger partial charge in [-0.3, -0.25) is 13.9 Å². The Balaban J connectivity index is 2.12. The lowest BCUT2D eigenvalue weighted by molar-refractivity contribution is 0.608. The normalized spacial score (nSPS) is 11.2. The summed E-state index contributed by atoms with van der Waals surface area (Å²) in [7, 11) is 0. The van der Waals surface area contributed by atoms with Gasteiger partial charge in [-0.1, -0.05) is 53.4 Å². The summed E-state index contributed by atoms with van der Waals surface area (Å²) < 4.78 is 18.4. The van der Waals surface area contributed by atoms with E-state index in [2.05, 4.69) is 4.98 Å². The van der Waals surface area contributed by atoms with Crippen molar-refractivity contribution < 1.29 is 4.39 Å². The fourth-order valence-electron chi connectivity index (χ4n) is 2.94. The van der Waals surface area contributed by atoms with Gasteiger partial charge in [-0.25, -0.2) is 9.37 Å². The molecule has 0 fully saturated rings. The third kappa shape index (κ3) is 2.93. The smallest absolute Gasteiger partial charge is 0.275 e. The molecule has 8 heteroatoms. The number of rotatable bonds is 3. The molecule has 0 unspecified atom stereocenters. The zero-order chi connectivity index (χ0) is 19.1. The monoisotopic (exact) mass is 415 g/mol. The van der Waals surface area contributed by atoms with E-state index in [0.717, 1.165) is 11.3 Å². The van der Waals surface area contributed by atoms with Gasteiger partial charge in [0.25, 0.3) is 5.56 Å². The summed E-state index contributed by atoms with van der Waals surface area (Å²) in [5.41, 5.74) is 2.28. The van der Waals surface area contributed by atoms with E-state index in [1.807, 2.05) is 42.0 Å². The summed E-state index contributed by atoms with van der Waals surface area (Å²) in [5.74, 6) is -0.474. The molecule has 27 heavy (non-hydrogen) atoms. The highest BCUT2D eigenvalue weighted by Crippen LogP contribution is 2.28. The first kappa shape index (κ1) is 18.1. The number of halogens is 1. The van der Waals surface area contributed by atoms with Crippen molar-refractivity contribution in [2.24, 2.45) is 0 Å². The largest absolute Gasteiger partial charge is 0.278 e. The lowest BCUT2D eigenvalue weighted by Crippen LogP contribution is -2.22. The number of benzene rings is 2. The molecular weight excluding hydrogens is 401 g/mol. The molecule has 0 aliphatic carbocycles. The first-order chi connectivity index (χ1) is 13.0. The summed E-state index contributed by atoms with van der Waals surface area (Å²) in [6, 6.07) is 14.0. The Kier molecular flexibility index (Phi) is 4.71. The molecule has 0 amide bonds. The number of thiazole rings is 1. The Morgan fingerprint density at radius 2 is 1.74 bits per heavy atom. The van der Waals surface area contributed by atoms with Gasteiger partial charge >= 0.3 is 0 Å². The van der Waals surface area contributed by atoms with Gasteiger partial charge in [0.2, 0.25) is 0 Å². The highest BCUT2D eigenvalue weighted by atomic mass is 32.2. The van der Waals surface area contributed by atoms with E-state index < -0.39 is 5.82 Å². The van der Waals surface area contributed by atoms with Gasteiger partial charge in [0.15, 0.2) is 14.8 Å². The molecule has 0 atom stereocenters. The third-order valence-electron chi connectivity index (χ3n) is 4.21. The topological polar surface area (TPSA) is 39.8 Å². The van der Waals surface area contributed by atoms with Crippen LogP contribution in [0.1, 0.15) is 5.56 Å². The van der Waals surface area contributed by atoms with Gasteiger partial charge in [0, 0.05) is 0 Å². The summed E-state index contributed by atoms with van der Waals surface area (Å²) in [6.45, 7) is 1.98. The van der Waals surface area contributed by atoms with E-state index in [1.165, 1.54) is 33.7 Å². The summed E-state index contributed by atoms with van der Waals surface area (Å²) in [6.07, 6.45) is 1.81. The van der Waals surface area contributed by atoms with Crippen molar-refractivity contribution in [3.8, 4) is 11.4 Å². The number of thioether (sulfide) groups is 1. The Labute approximate surface area is 167 Å². The summed E-state index contributed by atoms with van der Waals surface area (Å²) in [5, 5.41) is 0.410. The van der Waals surface area contributed by atoms with Crippen LogP contribution in [0, 0.1) is 16.7 Å². The number of aromatic nitrogens is 3. The van der Waals surface area contributed by atoms with Crippen LogP contribution in [-0.4, -0.2) is 20.4 Å². The highest BCUT2D eigenvalue weighted by molar-refractivity contribution is 7.98. The predicted octanol–water partition coefficient (Wildman–Crippen LogP) is 5.14. The highest BCUT2D eigenvalue weighted by Gasteiger charge is 2.20. The number of hydrogen-bond acceptors (Lipinski definition) is 5. The maximum absolute atomic E-state index is 14.4. The molecule has 136 valence electrons. The van der Waals surface area contributed by atoms with E-state index in [-0.39, 0.29) is 11.2 Å². The van der Waals surface area contributed by atoms with Crippen LogP contribution in [0.3, 0.4) is 0 Å². The first-order valence-electron chi connectivity index (χ1n) is 8.06. The fourth-order valence-corrected chi connectivity index (χ4v) is 4.78. The van der Waals surface area contributed by atoms with Crippen molar-refractivity contribution in [1.29, 1.82) is 0 Å². The third-order valence-corrected chi connectivity index (χ3v) is 6.20. The van der Waals surface area contributed by atoms with Crippen LogP contribution >= 0.6 is 35.3 Å². The standard InChI is InChI=1S/C19H14FN3OS3/c1-11-7-3-5-9-13(11)22-16-15(27-19(22)25)17(24)23(18(21-16)26-2)14-10-6-4-8-12(14)20/h3-10H,1-2H3. The van der Waals surface area contributed by atoms with E-state index in [4.69, 9.17) is 12.2 Å². The van der Waals surface area contributed by atoms with Crippen molar-refractivity contribution in [3.63, 3.8) is 0 Å². The molecule has 2 heterocycles. The molecule has 0 bridgehead atoms. The molecule has 0 N–H and O–H groups in total. The van der Waals surface area contributed by atoms with E-state index >= 15 is 0 Å². The molecule has 4 rings (SSSR count). The summed E-state index contributed by atoms with van der Waals surface area (Å²) >= 11 is 8.01. The molecule has 2 aromatic heterocycles. The second-order valence-corrected chi connectivity index (χ2v) is 8.25. The molecule has 0 spiro atoms. The Morgan fingerprint density at radius 1 is 1.07 bits per heavy atom. The zero-order valence-electron chi connectivity index (χ0n) is 14.5. The molecule has 0 saturated heterocycles. The molecular formula is C19H14FN3OS3. The second kappa shape index (κ2) is 7.03. The Hall–Kier alpha value is -2.29. The lowest BCUT2D eigenvalue weighted by atomic mass is 10.2. The van der Waals surface area contributed by atoms with Gasteiger partial charge in [-0.05, 0) is 49.2 Å². The van der Waals surface area contributed by atoms with Gasteiger partial charge in [0.05, 0.1) is 11.4 Å². The van der Waals surface area contributed by atoms with Crippen LogP contribution < -0.4 is 5.56 Å². The predicted molar refractivity (Wildman–Crippen MR) is 112 cm³/mol. The van der Waals surface area contributed by atoms with Crippen LogP contribution in [0.4, 0.5) is 4.39 Å². The summed E-state index contributed by atoms with van der Waals surface area (Å²) in [4.78, 5) is 17.9. The van der Waals surface area contributed by atoms with Crippen molar-refractivity contribution in [3.05, 3.63) is 74.2 Å². The van der Waals surface area contributed by atoms with Crippen molar-refractivity contribution in [2.75, 3.05) is 6.26 Å². The Morgan fingerprint density at radius 3 is 2.41 bits per heavy atom. The van der Waals surface area contributed by atoms with Crippen LogP contribution in [-0.2, 0) is 0 Å². The van der Waals surface area contributed by atoms with Crippen molar-refractivity contribution >= 4 is 45.7 Å². The van der Waals surface area contributed by atoms with Crippen LogP contribution in [0.5, 0.6) is 0 Å². The number of para-hydroxylation sites is 2. The minimum Gasteiger partial charge on any atom is -0.275 e. The maximum Gasteiger partial charge on any atom is 0.278 e. The van der Waals surface area contributed by atoms with Crippen LogP contribution in [0.25, 0.3) is 21.7 Å². The molecule has 2 aromatic carbocycles. The SMILES string of the molecule is CSc1nc2c(sc(=S)n2-c2ccccc2C)c(=O)n1-c1ccccc1F. The number of aryl methyl sites for hydroxylation is 1. The average Bonchev–Trinajstić information content (AvgIpc) is 2.99. The Bertz CT molecular complexity index is 1290. The maximum atomic E-state index is 14.4. The zero-order valence-corrected chi connectivity index (χ0v) is 16.9. The van der Waals surface area contributed by atoms with Gasteiger partial charge in [-0.2, -0.15) is 0 Å². The second-order valence-electron chi connectivity index (χ2n) is 5.83. The molecule has 4 aromatic rings. The lowest BCUT2D eigenvalue weighted by Gasteiger charge is -2.12. The molecule has 0 aliphatic heterocycles. The van der Waals surface area contributed by atoms with E-state index in [9.17, 15) is 9.18 Å². The minimum absolute atomic E-state index is 0.183. The van der Waals surface area contributed by atoms with Crippen molar-refractivity contribution in [1.82, 2.24) is 14.1 Å². The molecule has 4 nitrogen and oxygen atoms in total. The minimum atomic E-state index is -0.474. The van der Waals surface area contributed by atoms with Crippen LogP contribution in [0.2, 0.25) is 0 Å². The van der Waals surface area contributed by atoms with Gasteiger partial charge in [0.1, 0.15) is 10.5 Å². The number of fused-ring (bicyclic) bond motifs is 1. The van der Waals surface area contributed by atoms with Gasteiger partial charge in [-0.15, -0.1) is 0 Å². The van der Waals surface area contributed by atoms with Crippen molar-refractivity contribution in [2.45, 2.75) is 12.1 Å². The molecule has 0 radical (unpaired) electrons. The first-order valence-corrected chi connectivity index (χ1v) is 10.5. The van der Waals surface area contributed by atoms with E-state index in [0.29, 0.717) is 19.5 Å². The van der Waals surface area contributed by atoms with E-state index in [1.54, 1.807) is 18.2 Å². The number of hydrogen-bond donors (Lipinski definition) is 0. The molecule has 0 aliphatic rings. The quantitative estimate of drug-likeness (QED) is 0.264.